The molecule has 0 aromatic carbocycles. The van der Waals surface area contributed by atoms with E-state index in [1.54, 1.807) is 0 Å². The zero-order valence-electron chi connectivity index (χ0n) is 16.4. The molecule has 0 amide bonds. The minimum absolute atomic E-state index is 0. The van der Waals surface area contributed by atoms with Crippen molar-refractivity contribution in [2.75, 3.05) is 37.7 Å². The Morgan fingerprint density at radius 3 is 2.32 bits per heavy atom. The van der Waals surface area contributed by atoms with E-state index >= 15 is 0 Å². The molecule has 2 unspecified atom stereocenters. The number of nitrogens with zero attached hydrogens (tertiary/aromatic N) is 2. The molecule has 0 radical (unpaired) electrons. The highest BCUT2D eigenvalue weighted by atomic mass is 127. The predicted octanol–water partition coefficient (Wildman–Crippen LogP) is 2.10. The molecule has 2 atom stereocenters. The average Bonchev–Trinajstić information content (AvgIpc) is 2.84. The Kier molecular flexibility index (Phi) is 12.3. The van der Waals surface area contributed by atoms with Gasteiger partial charge >= 0.3 is 0 Å². The standard InChI is InChI=1S/C17H36N4O2S.HI/c1-6-18-17(20-15-9-10-24(22,23)13-15)19-12-16(11-14(4)5)21(7-2)8-3;/h14-16H,6-13H2,1-5H3,(H2,18,19,20);1H. The lowest BCUT2D eigenvalue weighted by Gasteiger charge is -2.30. The van der Waals surface area contributed by atoms with Gasteiger partial charge in [0.1, 0.15) is 0 Å². The van der Waals surface area contributed by atoms with Crippen molar-refractivity contribution in [3.63, 3.8) is 0 Å². The van der Waals surface area contributed by atoms with Crippen molar-refractivity contribution in [3.8, 4) is 0 Å². The molecule has 8 heteroatoms. The fourth-order valence-corrected chi connectivity index (χ4v) is 4.92. The molecule has 0 spiro atoms. The summed E-state index contributed by atoms with van der Waals surface area (Å²) in [6.45, 7) is 14.4. The number of hydrogen-bond donors (Lipinski definition) is 2. The van der Waals surface area contributed by atoms with Crippen LogP contribution in [0.2, 0.25) is 0 Å². The number of guanidine groups is 1. The number of nitrogens with one attached hydrogen (secondary N) is 2. The van der Waals surface area contributed by atoms with E-state index in [1.807, 2.05) is 6.92 Å². The minimum Gasteiger partial charge on any atom is -0.357 e. The number of likely N-dealkylation sites (N-methyl/N-ethyl adjacent to an activating group) is 1. The third-order valence-corrected chi connectivity index (χ3v) is 6.22. The first-order valence-corrected chi connectivity index (χ1v) is 11.1. The van der Waals surface area contributed by atoms with E-state index in [-0.39, 0.29) is 41.5 Å². The number of hydrogen-bond acceptors (Lipinski definition) is 4. The Hall–Kier alpha value is -0.0900. The number of rotatable bonds is 9. The molecule has 0 aromatic rings. The summed E-state index contributed by atoms with van der Waals surface area (Å²) in [5, 5.41) is 6.54. The van der Waals surface area contributed by atoms with Crippen molar-refractivity contribution in [1.29, 1.82) is 0 Å². The van der Waals surface area contributed by atoms with Crippen LogP contribution < -0.4 is 10.6 Å². The van der Waals surface area contributed by atoms with Gasteiger partial charge in [-0.1, -0.05) is 27.7 Å². The molecule has 1 fully saturated rings. The van der Waals surface area contributed by atoms with Crippen molar-refractivity contribution in [3.05, 3.63) is 0 Å². The molecule has 1 rings (SSSR count). The Balaban J connectivity index is 0.00000576. The Morgan fingerprint density at radius 1 is 1.24 bits per heavy atom. The molecule has 2 N–H and O–H groups in total. The van der Waals surface area contributed by atoms with Crippen LogP contribution in [-0.4, -0.2) is 69.0 Å². The highest BCUT2D eigenvalue weighted by molar-refractivity contribution is 14.0. The molecule has 0 saturated carbocycles. The number of halogens is 1. The molecule has 0 bridgehead atoms. The summed E-state index contributed by atoms with van der Waals surface area (Å²) >= 11 is 0. The van der Waals surface area contributed by atoms with Crippen LogP contribution in [0.25, 0.3) is 0 Å². The van der Waals surface area contributed by atoms with E-state index in [0.29, 0.717) is 18.4 Å². The van der Waals surface area contributed by atoms with E-state index in [4.69, 9.17) is 4.99 Å². The quantitative estimate of drug-likeness (QED) is 0.296. The van der Waals surface area contributed by atoms with Crippen molar-refractivity contribution >= 4 is 39.8 Å². The van der Waals surface area contributed by atoms with Gasteiger partial charge in [-0.25, -0.2) is 8.42 Å². The van der Waals surface area contributed by atoms with Crippen LogP contribution in [0.15, 0.2) is 4.99 Å². The summed E-state index contributed by atoms with van der Waals surface area (Å²) < 4.78 is 23.3. The summed E-state index contributed by atoms with van der Waals surface area (Å²) in [4.78, 5) is 7.20. The summed E-state index contributed by atoms with van der Waals surface area (Å²) in [7, 11) is -2.88. The van der Waals surface area contributed by atoms with E-state index in [9.17, 15) is 8.42 Å². The van der Waals surface area contributed by atoms with Crippen molar-refractivity contribution in [2.24, 2.45) is 10.9 Å². The van der Waals surface area contributed by atoms with Gasteiger partial charge in [-0.05, 0) is 38.8 Å². The Bertz CT molecular complexity index is 493. The van der Waals surface area contributed by atoms with Crippen LogP contribution in [0, 0.1) is 5.92 Å². The molecule has 1 heterocycles. The fourth-order valence-electron chi connectivity index (χ4n) is 3.24. The lowest BCUT2D eigenvalue weighted by atomic mass is 10.0. The van der Waals surface area contributed by atoms with Crippen LogP contribution in [0.3, 0.4) is 0 Å². The van der Waals surface area contributed by atoms with Crippen LogP contribution >= 0.6 is 24.0 Å². The lowest BCUT2D eigenvalue weighted by Crippen LogP contribution is -2.45. The smallest absolute Gasteiger partial charge is 0.191 e. The van der Waals surface area contributed by atoms with Crippen LogP contribution in [-0.2, 0) is 9.84 Å². The first-order chi connectivity index (χ1) is 11.3. The summed E-state index contributed by atoms with van der Waals surface area (Å²) in [6, 6.07) is 0.396. The van der Waals surface area contributed by atoms with Crippen molar-refractivity contribution in [1.82, 2.24) is 15.5 Å². The molecule has 6 nitrogen and oxygen atoms in total. The third-order valence-electron chi connectivity index (χ3n) is 4.45. The molecule has 25 heavy (non-hydrogen) atoms. The van der Waals surface area contributed by atoms with Crippen LogP contribution in [0.5, 0.6) is 0 Å². The Labute approximate surface area is 171 Å². The highest BCUT2D eigenvalue weighted by Gasteiger charge is 2.28. The van der Waals surface area contributed by atoms with Crippen LogP contribution in [0.4, 0.5) is 0 Å². The maximum atomic E-state index is 11.6. The highest BCUT2D eigenvalue weighted by Crippen LogP contribution is 2.13. The summed E-state index contributed by atoms with van der Waals surface area (Å²) in [5.74, 6) is 1.85. The second kappa shape index (κ2) is 12.3. The SMILES string of the molecule is CCNC(=NCC(CC(C)C)N(CC)CC)NC1CCS(=O)(=O)C1.I. The monoisotopic (exact) mass is 488 g/mol. The Morgan fingerprint density at radius 2 is 1.88 bits per heavy atom. The normalized spacial score (nSPS) is 21.2. The van der Waals surface area contributed by atoms with Crippen molar-refractivity contribution in [2.45, 2.75) is 59.5 Å². The topological polar surface area (TPSA) is 73.8 Å². The zero-order valence-corrected chi connectivity index (χ0v) is 19.6. The van der Waals surface area contributed by atoms with Gasteiger partial charge in [0.25, 0.3) is 0 Å². The molecular weight excluding hydrogens is 451 g/mol. The molecule has 0 aromatic heterocycles. The summed E-state index contributed by atoms with van der Waals surface area (Å²) in [5.41, 5.74) is 0. The molecule has 1 saturated heterocycles. The van der Waals surface area contributed by atoms with Gasteiger partial charge in [0.2, 0.25) is 0 Å². The number of sulfone groups is 1. The van der Waals surface area contributed by atoms with Gasteiger partial charge in [0.15, 0.2) is 15.8 Å². The molecule has 0 aliphatic carbocycles. The molecule has 1 aliphatic rings. The van der Waals surface area contributed by atoms with Crippen molar-refractivity contribution < 1.29 is 8.42 Å². The van der Waals surface area contributed by atoms with Gasteiger partial charge in [0, 0.05) is 18.6 Å². The first-order valence-electron chi connectivity index (χ1n) is 9.30. The third kappa shape index (κ3) is 9.42. The van der Waals surface area contributed by atoms with E-state index in [0.717, 1.165) is 38.6 Å². The van der Waals surface area contributed by atoms with Gasteiger partial charge < -0.3 is 10.6 Å². The van der Waals surface area contributed by atoms with Gasteiger partial charge in [-0.15, -0.1) is 24.0 Å². The maximum absolute atomic E-state index is 11.6. The van der Waals surface area contributed by atoms with E-state index in [1.165, 1.54) is 0 Å². The second-order valence-corrected chi connectivity index (χ2v) is 9.20. The summed E-state index contributed by atoms with van der Waals surface area (Å²) in [6.07, 6.45) is 1.78. The minimum atomic E-state index is -2.88. The van der Waals surface area contributed by atoms with E-state index in [2.05, 4.69) is 43.2 Å². The average molecular weight is 488 g/mol. The first kappa shape index (κ1) is 24.9. The predicted molar refractivity (Wildman–Crippen MR) is 118 cm³/mol. The zero-order chi connectivity index (χ0) is 18.2. The fraction of sp³-hybridized carbons (Fsp3) is 0.941. The molecular formula is C17H37IN4O2S. The van der Waals surface area contributed by atoms with E-state index < -0.39 is 9.84 Å². The van der Waals surface area contributed by atoms with Gasteiger partial charge in [0.05, 0.1) is 18.1 Å². The van der Waals surface area contributed by atoms with Gasteiger partial charge in [-0.3, -0.25) is 9.89 Å². The van der Waals surface area contributed by atoms with Crippen LogP contribution in [0.1, 0.15) is 47.5 Å². The van der Waals surface area contributed by atoms with Gasteiger partial charge in [-0.2, -0.15) is 0 Å². The largest absolute Gasteiger partial charge is 0.357 e. The second-order valence-electron chi connectivity index (χ2n) is 6.97. The number of aliphatic imine (C=N–C) groups is 1. The molecule has 1 aliphatic heterocycles. The molecule has 150 valence electrons. The lowest BCUT2D eigenvalue weighted by molar-refractivity contribution is 0.196. The maximum Gasteiger partial charge on any atom is 0.191 e.